The summed E-state index contributed by atoms with van der Waals surface area (Å²) < 4.78 is 5.81. The molecule has 0 spiro atoms. The van der Waals surface area contributed by atoms with Gasteiger partial charge in [0, 0.05) is 22.2 Å². The smallest absolute Gasteiger partial charge is 0.256 e. The van der Waals surface area contributed by atoms with E-state index in [0.29, 0.717) is 27.7 Å². The summed E-state index contributed by atoms with van der Waals surface area (Å²) in [5.41, 5.74) is 10.2. The number of anilines is 2. The molecule has 0 atom stereocenters. The molecule has 30 heavy (non-hydrogen) atoms. The van der Waals surface area contributed by atoms with Gasteiger partial charge in [-0.2, -0.15) is 0 Å². The first-order chi connectivity index (χ1) is 14.5. The van der Waals surface area contributed by atoms with Gasteiger partial charge < -0.3 is 15.8 Å². The SMILES string of the molecule is Cc1nc2ccc(NC(=O)c3ccccc3COc3ccccc3Cl)cc2cc1N. The monoisotopic (exact) mass is 417 g/mol. The van der Waals surface area contributed by atoms with Crippen LogP contribution in [-0.4, -0.2) is 10.9 Å². The molecule has 1 aromatic heterocycles. The van der Waals surface area contributed by atoms with Gasteiger partial charge in [-0.1, -0.05) is 41.9 Å². The summed E-state index contributed by atoms with van der Waals surface area (Å²) in [7, 11) is 0. The molecule has 0 unspecified atom stereocenters. The number of aromatic nitrogens is 1. The molecule has 0 radical (unpaired) electrons. The molecule has 4 rings (SSSR count). The van der Waals surface area contributed by atoms with E-state index < -0.39 is 0 Å². The number of para-hydroxylation sites is 1. The number of rotatable bonds is 5. The first-order valence-electron chi connectivity index (χ1n) is 9.45. The number of amides is 1. The van der Waals surface area contributed by atoms with E-state index in [4.69, 9.17) is 22.1 Å². The molecular weight excluding hydrogens is 398 g/mol. The van der Waals surface area contributed by atoms with Crippen LogP contribution in [0, 0.1) is 6.92 Å². The number of halogens is 1. The Morgan fingerprint density at radius 2 is 1.83 bits per heavy atom. The Morgan fingerprint density at radius 3 is 2.67 bits per heavy atom. The Labute approximate surface area is 179 Å². The number of nitrogens with two attached hydrogens (primary N) is 1. The summed E-state index contributed by atoms with van der Waals surface area (Å²) in [6.07, 6.45) is 0. The van der Waals surface area contributed by atoms with Crippen molar-refractivity contribution < 1.29 is 9.53 Å². The number of hydrogen-bond acceptors (Lipinski definition) is 4. The fourth-order valence-corrected chi connectivity index (χ4v) is 3.34. The lowest BCUT2D eigenvalue weighted by Crippen LogP contribution is -2.15. The van der Waals surface area contributed by atoms with Gasteiger partial charge in [-0.05, 0) is 49.4 Å². The van der Waals surface area contributed by atoms with Gasteiger partial charge in [0.15, 0.2) is 0 Å². The van der Waals surface area contributed by atoms with E-state index in [1.165, 1.54) is 0 Å². The zero-order valence-corrected chi connectivity index (χ0v) is 17.1. The summed E-state index contributed by atoms with van der Waals surface area (Å²) in [5.74, 6) is 0.352. The molecule has 0 saturated heterocycles. The van der Waals surface area contributed by atoms with Gasteiger partial charge in [0.1, 0.15) is 12.4 Å². The van der Waals surface area contributed by atoms with Crippen LogP contribution in [0.25, 0.3) is 10.9 Å². The van der Waals surface area contributed by atoms with Crippen molar-refractivity contribution in [3.63, 3.8) is 0 Å². The topological polar surface area (TPSA) is 77.2 Å². The highest BCUT2D eigenvalue weighted by atomic mass is 35.5. The van der Waals surface area contributed by atoms with Crippen molar-refractivity contribution in [1.29, 1.82) is 0 Å². The molecule has 3 N–H and O–H groups in total. The number of carbonyl (C=O) groups is 1. The Bertz CT molecular complexity index is 1240. The number of nitrogens with one attached hydrogen (secondary N) is 1. The Hall–Kier alpha value is -3.57. The normalized spacial score (nSPS) is 10.7. The Kier molecular flexibility index (Phi) is 5.55. The number of carbonyl (C=O) groups excluding carboxylic acids is 1. The Morgan fingerprint density at radius 1 is 1.07 bits per heavy atom. The predicted molar refractivity (Wildman–Crippen MR) is 121 cm³/mol. The molecule has 4 aromatic rings. The van der Waals surface area contributed by atoms with Crippen LogP contribution in [0.1, 0.15) is 21.6 Å². The van der Waals surface area contributed by atoms with E-state index in [2.05, 4.69) is 10.3 Å². The predicted octanol–water partition coefficient (Wildman–Crippen LogP) is 5.61. The average molecular weight is 418 g/mol. The number of ether oxygens (including phenoxy) is 1. The first-order valence-corrected chi connectivity index (χ1v) is 9.82. The lowest BCUT2D eigenvalue weighted by molar-refractivity contribution is 0.102. The van der Waals surface area contributed by atoms with Crippen molar-refractivity contribution >= 4 is 39.8 Å². The number of hydrogen-bond donors (Lipinski definition) is 2. The van der Waals surface area contributed by atoms with E-state index in [9.17, 15) is 4.79 Å². The minimum atomic E-state index is -0.222. The highest BCUT2D eigenvalue weighted by Gasteiger charge is 2.13. The second-order valence-corrected chi connectivity index (χ2v) is 7.31. The first kappa shape index (κ1) is 19.7. The molecule has 150 valence electrons. The van der Waals surface area contributed by atoms with Crippen LogP contribution in [0.5, 0.6) is 5.75 Å². The molecule has 1 amide bonds. The Balaban J connectivity index is 1.54. The summed E-state index contributed by atoms with van der Waals surface area (Å²) in [5, 5.41) is 4.34. The molecule has 0 fully saturated rings. The third kappa shape index (κ3) is 4.21. The highest BCUT2D eigenvalue weighted by molar-refractivity contribution is 6.32. The third-order valence-electron chi connectivity index (χ3n) is 4.78. The van der Waals surface area contributed by atoms with Crippen molar-refractivity contribution in [2.24, 2.45) is 0 Å². The molecule has 0 bridgehead atoms. The van der Waals surface area contributed by atoms with Crippen LogP contribution in [0.15, 0.2) is 72.8 Å². The molecule has 0 aliphatic carbocycles. The fourth-order valence-electron chi connectivity index (χ4n) is 3.15. The summed E-state index contributed by atoms with van der Waals surface area (Å²) >= 11 is 6.15. The molecule has 1 heterocycles. The van der Waals surface area contributed by atoms with Gasteiger partial charge >= 0.3 is 0 Å². The number of pyridine rings is 1. The molecule has 3 aromatic carbocycles. The van der Waals surface area contributed by atoms with Crippen molar-refractivity contribution in [2.45, 2.75) is 13.5 Å². The van der Waals surface area contributed by atoms with Crippen LogP contribution < -0.4 is 15.8 Å². The van der Waals surface area contributed by atoms with Gasteiger partial charge in [0.25, 0.3) is 5.91 Å². The maximum Gasteiger partial charge on any atom is 0.256 e. The summed E-state index contributed by atoms with van der Waals surface area (Å²) in [6.45, 7) is 2.09. The summed E-state index contributed by atoms with van der Waals surface area (Å²) in [4.78, 5) is 17.4. The maximum absolute atomic E-state index is 12.9. The van der Waals surface area contributed by atoms with E-state index in [-0.39, 0.29) is 12.5 Å². The number of benzene rings is 3. The molecule has 0 saturated carbocycles. The van der Waals surface area contributed by atoms with Gasteiger partial charge in [-0.3, -0.25) is 9.78 Å². The molecule has 0 aliphatic heterocycles. The van der Waals surface area contributed by atoms with Gasteiger partial charge in [-0.25, -0.2) is 0 Å². The molecule has 0 aliphatic rings. The van der Waals surface area contributed by atoms with E-state index in [1.807, 2.05) is 61.5 Å². The van der Waals surface area contributed by atoms with Crippen molar-refractivity contribution in [2.75, 3.05) is 11.1 Å². The maximum atomic E-state index is 12.9. The van der Waals surface area contributed by atoms with E-state index in [1.54, 1.807) is 18.2 Å². The van der Waals surface area contributed by atoms with Crippen LogP contribution in [0.2, 0.25) is 5.02 Å². The average Bonchev–Trinajstić information content (AvgIpc) is 2.74. The zero-order chi connectivity index (χ0) is 21.1. The molecule has 5 nitrogen and oxygen atoms in total. The van der Waals surface area contributed by atoms with Crippen molar-refractivity contribution in [3.8, 4) is 5.75 Å². The lowest BCUT2D eigenvalue weighted by atomic mass is 10.1. The van der Waals surface area contributed by atoms with Gasteiger partial charge in [0.2, 0.25) is 0 Å². The van der Waals surface area contributed by atoms with Crippen molar-refractivity contribution in [3.05, 3.63) is 94.6 Å². The van der Waals surface area contributed by atoms with Crippen LogP contribution in [-0.2, 0) is 6.61 Å². The van der Waals surface area contributed by atoms with Gasteiger partial charge in [-0.15, -0.1) is 0 Å². The fraction of sp³-hybridized carbons (Fsp3) is 0.0833. The van der Waals surface area contributed by atoms with E-state index >= 15 is 0 Å². The molecular formula is C24H20ClN3O2. The number of aryl methyl sites for hydroxylation is 1. The number of nitrogens with zero attached hydrogens (tertiary/aromatic N) is 1. The standard InChI is InChI=1S/C24H20ClN3O2/c1-15-21(26)13-17-12-18(10-11-22(17)27-15)28-24(29)19-7-3-2-6-16(19)14-30-23-9-5-4-8-20(23)25/h2-13H,14,26H2,1H3,(H,28,29). The number of nitrogen functional groups attached to an aromatic ring is 1. The quantitative estimate of drug-likeness (QED) is 0.442. The second kappa shape index (κ2) is 8.43. The minimum Gasteiger partial charge on any atom is -0.487 e. The third-order valence-corrected chi connectivity index (χ3v) is 5.10. The second-order valence-electron chi connectivity index (χ2n) is 6.90. The number of fused-ring (bicyclic) bond motifs is 1. The highest BCUT2D eigenvalue weighted by Crippen LogP contribution is 2.25. The van der Waals surface area contributed by atoms with Crippen molar-refractivity contribution in [1.82, 2.24) is 4.98 Å². The zero-order valence-electron chi connectivity index (χ0n) is 16.4. The van der Waals surface area contributed by atoms with Gasteiger partial charge in [0.05, 0.1) is 21.9 Å². The summed E-state index contributed by atoms with van der Waals surface area (Å²) in [6, 6.07) is 22.0. The van der Waals surface area contributed by atoms with Crippen LogP contribution in [0.3, 0.4) is 0 Å². The largest absolute Gasteiger partial charge is 0.487 e. The van der Waals surface area contributed by atoms with Crippen LogP contribution >= 0.6 is 11.6 Å². The van der Waals surface area contributed by atoms with Crippen LogP contribution in [0.4, 0.5) is 11.4 Å². The van der Waals surface area contributed by atoms with E-state index in [0.717, 1.165) is 22.2 Å². The molecule has 6 heteroatoms. The minimum absolute atomic E-state index is 0.222. The lowest BCUT2D eigenvalue weighted by Gasteiger charge is -2.13.